The maximum Gasteiger partial charge on any atom is 0.433 e. The number of amides is 2. The van der Waals surface area contributed by atoms with E-state index in [1.54, 1.807) is 4.90 Å². The van der Waals surface area contributed by atoms with Gasteiger partial charge in [-0.05, 0) is 38.2 Å². The number of carbonyl (C=O) groups excluding carboxylic acids is 2. The van der Waals surface area contributed by atoms with Crippen LogP contribution in [-0.4, -0.2) is 39.6 Å². The van der Waals surface area contributed by atoms with E-state index < -0.39 is 11.9 Å². The summed E-state index contributed by atoms with van der Waals surface area (Å²) in [5.74, 6) is -0.0842. The number of hydrogen-bond donors (Lipinski definition) is 1. The minimum atomic E-state index is -4.52. The fourth-order valence-electron chi connectivity index (χ4n) is 4.16. The van der Waals surface area contributed by atoms with Crippen molar-refractivity contribution in [3.05, 3.63) is 52.8 Å². The third-order valence-corrected chi connectivity index (χ3v) is 6.16. The van der Waals surface area contributed by atoms with Crippen LogP contribution in [0.2, 0.25) is 0 Å². The summed E-state index contributed by atoms with van der Waals surface area (Å²) in [5, 5.41) is 6.85. The molecule has 1 N–H and O–H groups in total. The average Bonchev–Trinajstić information content (AvgIpc) is 3.38. The largest absolute Gasteiger partial charge is 0.433 e. The van der Waals surface area contributed by atoms with Gasteiger partial charge in [-0.3, -0.25) is 14.3 Å². The second-order valence-corrected chi connectivity index (χ2v) is 9.12. The van der Waals surface area contributed by atoms with Gasteiger partial charge in [-0.2, -0.15) is 48.1 Å². The van der Waals surface area contributed by atoms with Crippen molar-refractivity contribution in [2.75, 3.05) is 13.1 Å². The molecular weight excluding hydrogens is 509 g/mol. The second-order valence-electron chi connectivity index (χ2n) is 9.12. The van der Waals surface area contributed by atoms with Crippen molar-refractivity contribution in [1.82, 2.24) is 20.0 Å². The third kappa shape index (κ3) is 8.10. The van der Waals surface area contributed by atoms with Gasteiger partial charge in [-0.1, -0.05) is 20.8 Å². The molecule has 2 amide bonds. The number of halogens is 3. The second kappa shape index (κ2) is 13.3. The molecule has 10 heteroatoms. The summed E-state index contributed by atoms with van der Waals surface area (Å²) < 4.78 is 40.9. The Bertz CT molecular complexity index is 1020. The van der Waals surface area contributed by atoms with E-state index in [0.29, 0.717) is 18.7 Å². The molecule has 0 bridgehead atoms. The van der Waals surface area contributed by atoms with Crippen molar-refractivity contribution >= 4 is 11.8 Å². The van der Waals surface area contributed by atoms with Gasteiger partial charge in [0.1, 0.15) is 12.2 Å². The van der Waals surface area contributed by atoms with Gasteiger partial charge in [0.05, 0.1) is 5.69 Å². The first-order valence-electron chi connectivity index (χ1n) is 12.3. The minimum absolute atomic E-state index is 0. The maximum absolute atomic E-state index is 13.4. The molecule has 2 aliphatic rings. The molecule has 1 aromatic carbocycles. The molecule has 2 heterocycles. The molecule has 198 valence electrons. The molecule has 0 spiro atoms. The van der Waals surface area contributed by atoms with Crippen LogP contribution in [0.5, 0.6) is 0 Å². The Balaban J connectivity index is 0.000000442. The van der Waals surface area contributed by atoms with E-state index in [1.165, 1.54) is 0 Å². The Morgan fingerprint density at radius 2 is 1.92 bits per heavy atom. The van der Waals surface area contributed by atoms with Crippen molar-refractivity contribution in [1.29, 1.82) is 0 Å². The van der Waals surface area contributed by atoms with Crippen molar-refractivity contribution in [2.45, 2.75) is 84.0 Å². The number of rotatable bonds is 7. The SMILES string of the molecule is CCCNC(=O)CC.Cc1[c-]c([C@H]2CCCN2C(=O)Cn2nc(C3CC3)cc2C(F)(F)F)ccc1.[Cr]. The molecule has 36 heavy (non-hydrogen) atoms. The van der Waals surface area contributed by atoms with E-state index in [0.717, 1.165) is 60.5 Å². The van der Waals surface area contributed by atoms with Crippen LogP contribution in [0.1, 0.15) is 86.8 Å². The van der Waals surface area contributed by atoms with Gasteiger partial charge in [0.25, 0.3) is 0 Å². The molecule has 1 aromatic heterocycles. The van der Waals surface area contributed by atoms with E-state index >= 15 is 0 Å². The number of aryl methyl sites for hydroxylation is 1. The molecule has 6 nitrogen and oxygen atoms in total. The smallest absolute Gasteiger partial charge is 0.356 e. The topological polar surface area (TPSA) is 67.2 Å². The van der Waals surface area contributed by atoms with Crippen LogP contribution in [0.4, 0.5) is 13.2 Å². The van der Waals surface area contributed by atoms with Crippen LogP contribution < -0.4 is 5.32 Å². The minimum Gasteiger partial charge on any atom is -0.356 e. The van der Waals surface area contributed by atoms with Crippen LogP contribution in [0.25, 0.3) is 0 Å². The van der Waals surface area contributed by atoms with Crippen LogP contribution in [0, 0.1) is 13.0 Å². The van der Waals surface area contributed by atoms with Crippen LogP contribution >= 0.6 is 0 Å². The van der Waals surface area contributed by atoms with Gasteiger partial charge in [-0.25, -0.2) is 0 Å². The quantitative estimate of drug-likeness (QED) is 0.490. The van der Waals surface area contributed by atoms with E-state index in [4.69, 9.17) is 0 Å². The fourth-order valence-corrected chi connectivity index (χ4v) is 4.16. The Kier molecular flexibility index (Phi) is 11.1. The summed E-state index contributed by atoms with van der Waals surface area (Å²) in [4.78, 5) is 25.0. The van der Waals surface area contributed by atoms with Crippen LogP contribution in [0.3, 0.4) is 0 Å². The molecular formula is C26H34CrF3N4O2-. The van der Waals surface area contributed by atoms with Crippen molar-refractivity contribution < 1.29 is 40.1 Å². The summed E-state index contributed by atoms with van der Waals surface area (Å²) in [6.45, 7) is 6.80. The van der Waals surface area contributed by atoms with E-state index in [9.17, 15) is 22.8 Å². The monoisotopic (exact) mass is 543 g/mol. The van der Waals surface area contributed by atoms with Crippen molar-refractivity contribution in [3.8, 4) is 0 Å². The fraction of sp³-hybridized carbons (Fsp3) is 0.577. The summed E-state index contributed by atoms with van der Waals surface area (Å²) in [6.07, 6.45) is 0.446. The average molecular weight is 544 g/mol. The summed E-state index contributed by atoms with van der Waals surface area (Å²) in [7, 11) is 0. The van der Waals surface area contributed by atoms with Gasteiger partial charge in [0.2, 0.25) is 11.8 Å². The molecule has 1 atom stereocenters. The number of carbonyl (C=O) groups is 2. The number of aromatic nitrogens is 2. The molecule has 2 aromatic rings. The van der Waals surface area contributed by atoms with Crippen LogP contribution in [0.15, 0.2) is 24.3 Å². The maximum atomic E-state index is 13.4. The predicted molar refractivity (Wildman–Crippen MR) is 126 cm³/mol. The van der Waals surface area contributed by atoms with Gasteiger partial charge in [0.15, 0.2) is 0 Å². The molecule has 1 saturated heterocycles. The zero-order valence-corrected chi connectivity index (χ0v) is 22.3. The van der Waals surface area contributed by atoms with Crippen LogP contribution in [-0.2, 0) is 39.7 Å². The zero-order valence-electron chi connectivity index (χ0n) is 21.0. The number of nitrogens with zero attached hydrogens (tertiary/aromatic N) is 3. The Morgan fingerprint density at radius 1 is 1.19 bits per heavy atom. The zero-order chi connectivity index (χ0) is 25.6. The molecule has 2 fully saturated rings. The van der Waals surface area contributed by atoms with E-state index in [1.807, 2.05) is 39.0 Å². The first-order chi connectivity index (χ1) is 16.6. The molecule has 1 aliphatic carbocycles. The first kappa shape index (κ1) is 29.9. The molecule has 1 saturated carbocycles. The summed E-state index contributed by atoms with van der Waals surface area (Å²) >= 11 is 0. The Morgan fingerprint density at radius 3 is 2.50 bits per heavy atom. The van der Waals surface area contributed by atoms with Gasteiger partial charge in [-0.15, -0.1) is 5.56 Å². The van der Waals surface area contributed by atoms with Crippen molar-refractivity contribution in [3.63, 3.8) is 0 Å². The molecule has 1 aliphatic heterocycles. The standard InChI is InChI=1S/C20H21F3N3O.C6H13NO.Cr/c1-13-4-2-5-15(10-13)17-6-3-9-25(17)19(27)12-26-18(20(21,22)23)11-16(24-26)14-7-8-14;1-3-5-7-6(8)4-2;/h2,4-5,11,14,17H,3,6-9,12H2,1H3;3-5H2,1-2H3,(H,7,8);/q-1;;/t17-;;/m1../s1. The molecule has 0 unspecified atom stereocenters. The Hall–Kier alpha value is -2.31. The van der Waals surface area contributed by atoms with Gasteiger partial charge >= 0.3 is 6.18 Å². The Labute approximate surface area is 221 Å². The van der Waals surface area contributed by atoms with E-state index in [2.05, 4.69) is 16.5 Å². The molecule has 0 radical (unpaired) electrons. The van der Waals surface area contributed by atoms with E-state index in [-0.39, 0.29) is 47.7 Å². The predicted octanol–water partition coefficient (Wildman–Crippen LogP) is 5.17. The third-order valence-electron chi connectivity index (χ3n) is 6.16. The number of hydrogen-bond acceptors (Lipinski definition) is 3. The van der Waals surface area contributed by atoms with Gasteiger partial charge < -0.3 is 10.2 Å². The summed E-state index contributed by atoms with van der Waals surface area (Å²) in [5.41, 5.74) is 1.50. The number of likely N-dealkylation sites (tertiary alicyclic amines) is 1. The van der Waals surface area contributed by atoms with Crippen molar-refractivity contribution in [2.24, 2.45) is 0 Å². The number of nitrogens with one attached hydrogen (secondary N) is 1. The van der Waals surface area contributed by atoms with Gasteiger partial charge in [0, 0.05) is 48.8 Å². The normalized spacial score (nSPS) is 17.2. The number of benzene rings is 1. The number of alkyl halides is 3. The molecule has 4 rings (SSSR count). The first-order valence-corrected chi connectivity index (χ1v) is 12.3. The summed E-state index contributed by atoms with van der Waals surface area (Å²) in [6, 6.07) is 10.00.